The third-order valence-electron chi connectivity index (χ3n) is 6.45. The van der Waals surface area contributed by atoms with E-state index >= 15 is 0 Å². The zero-order chi connectivity index (χ0) is 21.5. The van der Waals surface area contributed by atoms with Crippen LogP contribution in [0.2, 0.25) is 0 Å². The molecule has 3 heterocycles. The molecule has 0 radical (unpaired) electrons. The van der Waals surface area contributed by atoms with Crippen molar-refractivity contribution in [2.45, 2.75) is 57.2 Å². The Hall–Kier alpha value is -2.12. The van der Waals surface area contributed by atoms with Gasteiger partial charge in [-0.2, -0.15) is 0 Å². The number of ether oxygens (including phenoxy) is 1. The zero-order valence-electron chi connectivity index (χ0n) is 18.7. The van der Waals surface area contributed by atoms with Crippen molar-refractivity contribution in [2.24, 2.45) is 10.9 Å². The molecule has 2 N–H and O–H groups in total. The Kier molecular flexibility index (Phi) is 7.81. The topological polar surface area (TPSA) is 61.8 Å². The van der Waals surface area contributed by atoms with Crippen molar-refractivity contribution in [1.82, 2.24) is 20.5 Å². The molecule has 168 valence electrons. The monoisotopic (exact) mass is 441 g/mol. The predicted octanol–water partition coefficient (Wildman–Crippen LogP) is 4.21. The lowest BCUT2D eigenvalue weighted by molar-refractivity contribution is 0.125. The standard InChI is InChI=1S/C24H35N5OS/c1-25-24(27-16-18-11-12-26-22(15-18)30-20-8-3-4-9-20)28-17-19-7-5-13-29(2)23(19)21-10-6-14-31-21/h6,10-12,14-15,19-20,23H,3-5,7-9,13,16-17H2,1-2H3,(H2,25,27,28). The second-order valence-electron chi connectivity index (χ2n) is 8.68. The van der Waals surface area contributed by atoms with E-state index in [1.165, 1.54) is 37.1 Å². The molecule has 7 heteroatoms. The molecular formula is C24H35N5OS. The molecule has 2 aliphatic rings. The van der Waals surface area contributed by atoms with E-state index in [0.717, 1.165) is 36.8 Å². The minimum absolute atomic E-state index is 0.329. The molecule has 31 heavy (non-hydrogen) atoms. The van der Waals surface area contributed by atoms with E-state index in [-0.39, 0.29) is 0 Å². The number of nitrogens with one attached hydrogen (secondary N) is 2. The van der Waals surface area contributed by atoms with Crippen molar-refractivity contribution in [3.05, 3.63) is 46.3 Å². The number of thiophene rings is 1. The van der Waals surface area contributed by atoms with Gasteiger partial charge in [-0.05, 0) is 81.1 Å². The van der Waals surface area contributed by atoms with Crippen LogP contribution in [0.15, 0.2) is 40.8 Å². The molecule has 0 aromatic carbocycles. The Labute approximate surface area is 190 Å². The van der Waals surface area contributed by atoms with Crippen molar-refractivity contribution in [3.63, 3.8) is 0 Å². The van der Waals surface area contributed by atoms with Gasteiger partial charge in [0.05, 0.1) is 0 Å². The molecule has 1 aliphatic carbocycles. The summed E-state index contributed by atoms with van der Waals surface area (Å²) in [6.07, 6.45) is 9.46. The van der Waals surface area contributed by atoms with Gasteiger partial charge in [-0.1, -0.05) is 6.07 Å². The molecule has 0 spiro atoms. The fourth-order valence-electron chi connectivity index (χ4n) is 4.82. The summed E-state index contributed by atoms with van der Waals surface area (Å²) in [4.78, 5) is 12.8. The van der Waals surface area contributed by atoms with Gasteiger partial charge in [-0.25, -0.2) is 4.98 Å². The van der Waals surface area contributed by atoms with E-state index in [1.54, 1.807) is 0 Å². The number of nitrogens with zero attached hydrogens (tertiary/aromatic N) is 3. The van der Waals surface area contributed by atoms with E-state index in [2.05, 4.69) is 50.1 Å². The summed E-state index contributed by atoms with van der Waals surface area (Å²) in [6.45, 7) is 2.78. The molecule has 6 nitrogen and oxygen atoms in total. The number of rotatable bonds is 7. The molecule has 2 aromatic heterocycles. The lowest BCUT2D eigenvalue weighted by Gasteiger charge is -2.39. The van der Waals surface area contributed by atoms with Crippen LogP contribution in [0.1, 0.15) is 55.0 Å². The van der Waals surface area contributed by atoms with Gasteiger partial charge >= 0.3 is 0 Å². The first-order chi connectivity index (χ1) is 15.2. The Morgan fingerprint density at radius 3 is 2.87 bits per heavy atom. The fourth-order valence-corrected chi connectivity index (χ4v) is 5.80. The summed E-state index contributed by atoms with van der Waals surface area (Å²) in [6, 6.07) is 8.99. The second kappa shape index (κ2) is 11.0. The molecule has 2 fully saturated rings. The number of guanidine groups is 1. The normalized spacial score (nSPS) is 23.1. The third kappa shape index (κ3) is 5.98. The quantitative estimate of drug-likeness (QED) is 0.498. The fraction of sp³-hybridized carbons (Fsp3) is 0.583. The molecule has 2 aromatic rings. The van der Waals surface area contributed by atoms with Crippen LogP contribution in [0, 0.1) is 5.92 Å². The molecule has 0 bridgehead atoms. The first kappa shape index (κ1) is 22.1. The maximum atomic E-state index is 6.04. The molecule has 1 aliphatic heterocycles. The first-order valence-electron chi connectivity index (χ1n) is 11.5. The third-order valence-corrected chi connectivity index (χ3v) is 7.39. The molecule has 1 saturated carbocycles. The van der Waals surface area contributed by atoms with E-state index < -0.39 is 0 Å². The van der Waals surface area contributed by atoms with Crippen molar-refractivity contribution in [3.8, 4) is 5.88 Å². The van der Waals surface area contributed by atoms with Crippen LogP contribution in [0.25, 0.3) is 0 Å². The number of pyridine rings is 1. The Morgan fingerprint density at radius 1 is 1.23 bits per heavy atom. The summed E-state index contributed by atoms with van der Waals surface area (Å²) in [7, 11) is 4.08. The van der Waals surface area contributed by atoms with Crippen LogP contribution in [0.3, 0.4) is 0 Å². The van der Waals surface area contributed by atoms with E-state index in [0.29, 0.717) is 24.6 Å². The summed E-state index contributed by atoms with van der Waals surface area (Å²) in [5.74, 6) is 2.15. The van der Waals surface area contributed by atoms with Gasteiger partial charge in [0.15, 0.2) is 5.96 Å². The molecule has 2 unspecified atom stereocenters. The maximum Gasteiger partial charge on any atom is 0.213 e. The lowest BCUT2D eigenvalue weighted by atomic mass is 9.88. The average Bonchev–Trinajstić information content (AvgIpc) is 3.49. The molecule has 2 atom stereocenters. The Balaban J connectivity index is 1.29. The highest BCUT2D eigenvalue weighted by Gasteiger charge is 2.31. The Morgan fingerprint density at radius 2 is 2.10 bits per heavy atom. The van der Waals surface area contributed by atoms with E-state index in [4.69, 9.17) is 4.74 Å². The number of aliphatic imine (C=N–C) groups is 1. The highest BCUT2D eigenvalue weighted by molar-refractivity contribution is 7.10. The summed E-state index contributed by atoms with van der Waals surface area (Å²) < 4.78 is 6.04. The average molecular weight is 442 g/mol. The largest absolute Gasteiger partial charge is 0.474 e. The number of hydrogen-bond acceptors (Lipinski definition) is 5. The van der Waals surface area contributed by atoms with Gasteiger partial charge in [0, 0.05) is 43.3 Å². The number of aromatic nitrogens is 1. The van der Waals surface area contributed by atoms with Gasteiger partial charge in [-0.3, -0.25) is 9.89 Å². The van der Waals surface area contributed by atoms with Gasteiger partial charge in [0.2, 0.25) is 5.88 Å². The number of hydrogen-bond donors (Lipinski definition) is 2. The van der Waals surface area contributed by atoms with Crippen molar-refractivity contribution in [1.29, 1.82) is 0 Å². The highest BCUT2D eigenvalue weighted by Crippen LogP contribution is 2.36. The number of piperidine rings is 1. The van der Waals surface area contributed by atoms with E-state index in [1.807, 2.05) is 36.7 Å². The zero-order valence-corrected chi connectivity index (χ0v) is 19.5. The maximum absolute atomic E-state index is 6.04. The first-order valence-corrected chi connectivity index (χ1v) is 12.4. The minimum Gasteiger partial charge on any atom is -0.474 e. The molecular weight excluding hydrogens is 406 g/mol. The lowest BCUT2D eigenvalue weighted by Crippen LogP contribution is -2.44. The van der Waals surface area contributed by atoms with E-state index in [9.17, 15) is 0 Å². The number of likely N-dealkylation sites (tertiary alicyclic amines) is 1. The summed E-state index contributed by atoms with van der Waals surface area (Å²) >= 11 is 1.86. The highest BCUT2D eigenvalue weighted by atomic mass is 32.1. The van der Waals surface area contributed by atoms with Gasteiger partial charge in [0.25, 0.3) is 0 Å². The second-order valence-corrected chi connectivity index (χ2v) is 9.66. The minimum atomic E-state index is 0.329. The SMILES string of the molecule is CN=C(NCc1ccnc(OC2CCCC2)c1)NCC1CCCN(C)C1c1cccs1. The Bertz CT molecular complexity index is 834. The van der Waals surface area contributed by atoms with Crippen LogP contribution < -0.4 is 15.4 Å². The molecule has 4 rings (SSSR count). The van der Waals surface area contributed by atoms with Crippen molar-refractivity contribution < 1.29 is 4.74 Å². The van der Waals surface area contributed by atoms with Gasteiger partial charge < -0.3 is 15.4 Å². The van der Waals surface area contributed by atoms with Crippen LogP contribution in [-0.4, -0.2) is 49.1 Å². The molecule has 0 amide bonds. The van der Waals surface area contributed by atoms with Crippen LogP contribution in [0.5, 0.6) is 5.88 Å². The summed E-state index contributed by atoms with van der Waals surface area (Å²) in [5, 5.41) is 9.20. The predicted molar refractivity (Wildman–Crippen MR) is 128 cm³/mol. The van der Waals surface area contributed by atoms with Crippen LogP contribution in [-0.2, 0) is 6.54 Å². The van der Waals surface area contributed by atoms with Crippen LogP contribution in [0.4, 0.5) is 0 Å². The molecule has 1 saturated heterocycles. The van der Waals surface area contributed by atoms with Crippen molar-refractivity contribution >= 4 is 17.3 Å². The van der Waals surface area contributed by atoms with Gasteiger partial charge in [-0.15, -0.1) is 11.3 Å². The smallest absolute Gasteiger partial charge is 0.213 e. The summed E-state index contributed by atoms with van der Waals surface area (Å²) in [5.41, 5.74) is 1.15. The van der Waals surface area contributed by atoms with Gasteiger partial charge in [0.1, 0.15) is 6.10 Å². The van der Waals surface area contributed by atoms with Crippen molar-refractivity contribution in [2.75, 3.05) is 27.2 Å². The van der Waals surface area contributed by atoms with Crippen LogP contribution >= 0.6 is 11.3 Å².